The zero-order chi connectivity index (χ0) is 10.1. The van der Waals surface area contributed by atoms with E-state index in [1.165, 1.54) is 0 Å². The van der Waals surface area contributed by atoms with E-state index >= 15 is 0 Å². The fourth-order valence-corrected chi connectivity index (χ4v) is 1.46. The molecule has 13 heavy (non-hydrogen) atoms. The second-order valence-electron chi connectivity index (χ2n) is 2.23. The summed E-state index contributed by atoms with van der Waals surface area (Å²) in [6.07, 6.45) is 0. The Kier molecular flexibility index (Phi) is 2.51. The zero-order valence-electron chi connectivity index (χ0n) is 6.62. The molecule has 0 saturated heterocycles. The number of halogens is 2. The first kappa shape index (κ1) is 9.91. The average molecular weight is 208 g/mol. The molecule has 1 aromatic carbocycles. The summed E-state index contributed by atoms with van der Waals surface area (Å²) in [6.45, 7) is 0. The van der Waals surface area contributed by atoms with E-state index in [0.29, 0.717) is 0 Å². The van der Waals surface area contributed by atoms with Crippen molar-refractivity contribution in [2.24, 2.45) is 0 Å². The summed E-state index contributed by atoms with van der Waals surface area (Å²) in [7, 11) is -3.73. The van der Waals surface area contributed by atoms with E-state index < -0.39 is 20.9 Å². The second-order valence-corrected chi connectivity index (χ2v) is 3.55. The van der Waals surface area contributed by atoms with Gasteiger partial charge in [0.15, 0.2) is 0 Å². The Morgan fingerprint density at radius 1 is 1.38 bits per heavy atom. The molecule has 0 fully saturated rings. The second kappa shape index (κ2) is 3.29. The third-order valence-corrected chi connectivity index (χ3v) is 2.25. The van der Waals surface area contributed by atoms with Crippen molar-refractivity contribution in [1.82, 2.24) is 0 Å². The summed E-state index contributed by atoms with van der Waals surface area (Å²) >= 11 is 0. The van der Waals surface area contributed by atoms with Gasteiger partial charge in [-0.25, -0.2) is 4.39 Å². The molecule has 0 atom stereocenters. The average Bonchev–Trinajstić information content (AvgIpc) is 2.01. The largest absolute Gasteiger partial charge is 0.495 e. The van der Waals surface area contributed by atoms with Crippen LogP contribution in [0.5, 0.6) is 5.75 Å². The monoisotopic (exact) mass is 208 g/mol. The maximum atomic E-state index is 12.5. The zero-order valence-corrected chi connectivity index (χ0v) is 7.44. The van der Waals surface area contributed by atoms with Crippen molar-refractivity contribution in [3.05, 3.63) is 24.0 Å². The van der Waals surface area contributed by atoms with Crippen LogP contribution >= 0.6 is 0 Å². The molecule has 6 heteroatoms. The Labute approximate surface area is 74.2 Å². The molecule has 0 amide bonds. The lowest BCUT2D eigenvalue weighted by Crippen LogP contribution is -1.97. The Balaban J connectivity index is 3.39. The van der Waals surface area contributed by atoms with Crippen LogP contribution in [-0.4, -0.2) is 15.5 Å². The van der Waals surface area contributed by atoms with Crippen molar-refractivity contribution in [1.29, 1.82) is 0 Å². The van der Waals surface area contributed by atoms with E-state index in [9.17, 15) is 16.7 Å². The predicted molar refractivity (Wildman–Crippen MR) is 41.2 cm³/mol. The minimum absolute atomic E-state index is 0.345. The van der Waals surface area contributed by atoms with E-state index in [4.69, 9.17) is 0 Å². The van der Waals surface area contributed by atoms with Crippen LogP contribution in [0.3, 0.4) is 0 Å². The van der Waals surface area contributed by atoms with Crippen LogP contribution in [0.1, 0.15) is 0 Å². The van der Waals surface area contributed by atoms with Gasteiger partial charge < -0.3 is 4.74 Å². The molecule has 0 N–H and O–H groups in total. The molecule has 0 aromatic heterocycles. The lowest BCUT2D eigenvalue weighted by atomic mass is 10.3. The normalized spacial score (nSPS) is 11.3. The van der Waals surface area contributed by atoms with Gasteiger partial charge in [0.25, 0.3) is 0 Å². The van der Waals surface area contributed by atoms with Gasteiger partial charge in [-0.05, 0) is 12.1 Å². The topological polar surface area (TPSA) is 43.4 Å². The van der Waals surface area contributed by atoms with Crippen LogP contribution < -0.4 is 4.74 Å². The molecule has 0 aliphatic carbocycles. The Morgan fingerprint density at radius 2 is 2.00 bits per heavy atom. The van der Waals surface area contributed by atoms with Crippen LogP contribution in [0.2, 0.25) is 0 Å². The number of hydrogen-bond acceptors (Lipinski definition) is 3. The molecule has 72 valence electrons. The predicted octanol–water partition coefficient (Wildman–Crippen LogP) is 1.49. The minimum Gasteiger partial charge on any atom is -0.495 e. The van der Waals surface area contributed by atoms with Gasteiger partial charge in [-0.2, -0.15) is 8.42 Å². The van der Waals surface area contributed by atoms with E-state index in [1.54, 1.807) is 0 Å². The number of rotatable bonds is 2. The van der Waals surface area contributed by atoms with E-state index in [1.807, 2.05) is 0 Å². The van der Waals surface area contributed by atoms with Gasteiger partial charge >= 0.3 is 10.2 Å². The standard InChI is InChI=1S/C7H6F2O3S/c1-12-6-4-5(8)2-3-7(6)13(9,10)11/h2-4H,1H3. The van der Waals surface area contributed by atoms with Gasteiger partial charge in [0.2, 0.25) is 0 Å². The third-order valence-electron chi connectivity index (χ3n) is 1.39. The van der Waals surface area contributed by atoms with Gasteiger partial charge in [0.1, 0.15) is 16.5 Å². The van der Waals surface area contributed by atoms with Crippen molar-refractivity contribution < 1.29 is 21.4 Å². The smallest absolute Gasteiger partial charge is 0.335 e. The first-order valence-electron chi connectivity index (χ1n) is 3.23. The van der Waals surface area contributed by atoms with Crippen LogP contribution in [-0.2, 0) is 10.2 Å². The maximum Gasteiger partial charge on any atom is 0.335 e. The fraction of sp³-hybridized carbons (Fsp3) is 0.143. The lowest BCUT2D eigenvalue weighted by molar-refractivity contribution is 0.397. The molecule has 3 nitrogen and oxygen atoms in total. The Bertz CT molecular complexity index is 414. The van der Waals surface area contributed by atoms with E-state index in [-0.39, 0.29) is 5.75 Å². The molecule has 0 spiro atoms. The highest BCUT2D eigenvalue weighted by Gasteiger charge is 2.18. The van der Waals surface area contributed by atoms with Crippen LogP contribution in [0.15, 0.2) is 23.1 Å². The van der Waals surface area contributed by atoms with E-state index in [0.717, 1.165) is 25.3 Å². The molecular formula is C7H6F2O3S. The summed E-state index contributed by atoms with van der Waals surface area (Å²) in [5.41, 5.74) is 0. The molecular weight excluding hydrogens is 202 g/mol. The highest BCUT2D eigenvalue weighted by Crippen LogP contribution is 2.25. The van der Waals surface area contributed by atoms with Gasteiger partial charge in [0, 0.05) is 6.07 Å². The van der Waals surface area contributed by atoms with Crippen molar-refractivity contribution in [3.8, 4) is 5.75 Å². The summed E-state index contributed by atoms with van der Waals surface area (Å²) < 4.78 is 50.4. The molecule has 0 aliphatic heterocycles. The van der Waals surface area contributed by atoms with Crippen LogP contribution in [0, 0.1) is 5.82 Å². The highest BCUT2D eigenvalue weighted by atomic mass is 32.3. The molecule has 1 aromatic rings. The van der Waals surface area contributed by atoms with Crippen LogP contribution in [0.25, 0.3) is 0 Å². The summed E-state index contributed by atoms with van der Waals surface area (Å²) in [4.78, 5) is -0.670. The number of benzene rings is 1. The number of hydrogen-bond donors (Lipinski definition) is 0. The molecule has 0 aliphatic rings. The number of methoxy groups -OCH3 is 1. The minimum atomic E-state index is -4.85. The SMILES string of the molecule is COc1cc(F)ccc1S(=O)(=O)F. The third kappa shape index (κ3) is 2.15. The Morgan fingerprint density at radius 3 is 2.46 bits per heavy atom. The summed E-state index contributed by atoms with van der Waals surface area (Å²) in [6, 6.07) is 2.45. The first-order valence-corrected chi connectivity index (χ1v) is 4.61. The van der Waals surface area contributed by atoms with Gasteiger partial charge in [-0.1, -0.05) is 0 Å². The lowest BCUT2D eigenvalue weighted by Gasteiger charge is -2.03. The quantitative estimate of drug-likeness (QED) is 0.691. The summed E-state index contributed by atoms with van der Waals surface area (Å²) in [5.74, 6) is -1.04. The highest BCUT2D eigenvalue weighted by molar-refractivity contribution is 7.86. The molecule has 0 bridgehead atoms. The first-order chi connectivity index (χ1) is 5.95. The Hall–Kier alpha value is -1.17. The maximum absolute atomic E-state index is 12.5. The molecule has 0 saturated carbocycles. The van der Waals surface area contributed by atoms with E-state index in [2.05, 4.69) is 4.74 Å². The van der Waals surface area contributed by atoms with Gasteiger partial charge in [0.05, 0.1) is 7.11 Å². The molecule has 1 rings (SSSR count). The fourth-order valence-electron chi connectivity index (χ4n) is 0.843. The van der Waals surface area contributed by atoms with Gasteiger partial charge in [-0.3, -0.25) is 0 Å². The summed E-state index contributed by atoms with van der Waals surface area (Å²) in [5, 5.41) is 0. The van der Waals surface area contributed by atoms with Crippen molar-refractivity contribution >= 4 is 10.2 Å². The number of ether oxygens (including phenoxy) is 1. The van der Waals surface area contributed by atoms with Crippen molar-refractivity contribution in [2.75, 3.05) is 7.11 Å². The van der Waals surface area contributed by atoms with Crippen molar-refractivity contribution in [2.45, 2.75) is 4.90 Å². The van der Waals surface area contributed by atoms with Crippen molar-refractivity contribution in [3.63, 3.8) is 0 Å². The van der Waals surface area contributed by atoms with Crippen LogP contribution in [0.4, 0.5) is 8.28 Å². The molecule has 0 unspecified atom stereocenters. The van der Waals surface area contributed by atoms with Gasteiger partial charge in [-0.15, -0.1) is 3.89 Å². The molecule has 0 heterocycles. The molecule has 0 radical (unpaired) electrons.